The molecule has 1 N–H and O–H groups in total. The summed E-state index contributed by atoms with van der Waals surface area (Å²) in [4.78, 5) is 30.3. The molecule has 3 aromatic rings. The van der Waals surface area contributed by atoms with Crippen LogP contribution in [0, 0.1) is 6.92 Å². The molecular weight excluding hydrogens is 424 g/mol. The Kier molecular flexibility index (Phi) is 3.61. The smallest absolute Gasteiger partial charge is 0.343 e. The number of aliphatic hydroxyl groups is 1. The van der Waals surface area contributed by atoms with Crippen molar-refractivity contribution in [1.29, 1.82) is 0 Å². The molecular formula is C21H17BrN2O4. The highest BCUT2D eigenvalue weighted by Gasteiger charge is 2.45. The molecule has 0 fully saturated rings. The minimum absolute atomic E-state index is 0.123. The number of fused-ring (bicyclic) bond motifs is 5. The minimum atomic E-state index is -1.81. The number of carbonyl (C=O) groups excluding carboxylic acids is 1. The Hall–Kier alpha value is -2.51. The Balaban J connectivity index is 1.85. The topological polar surface area (TPSA) is 81.4 Å². The van der Waals surface area contributed by atoms with Crippen LogP contribution in [0.2, 0.25) is 0 Å². The van der Waals surface area contributed by atoms with E-state index in [0.29, 0.717) is 29.1 Å². The first-order valence-electron chi connectivity index (χ1n) is 9.11. The normalized spacial score (nSPS) is 19.9. The molecule has 0 unspecified atom stereocenters. The van der Waals surface area contributed by atoms with Gasteiger partial charge in [0.2, 0.25) is 0 Å². The molecule has 0 radical (unpaired) electrons. The lowest BCUT2D eigenvalue weighted by Crippen LogP contribution is -2.44. The fourth-order valence-electron chi connectivity index (χ4n) is 4.20. The number of nitrogens with zero attached hydrogens (tertiary/aromatic N) is 2. The van der Waals surface area contributed by atoms with Crippen LogP contribution in [0.25, 0.3) is 22.3 Å². The Morgan fingerprint density at radius 3 is 2.86 bits per heavy atom. The average Bonchev–Trinajstić information content (AvgIpc) is 3.06. The summed E-state index contributed by atoms with van der Waals surface area (Å²) in [6, 6.07) is 7.71. The number of aromatic nitrogens is 2. The zero-order valence-electron chi connectivity index (χ0n) is 15.4. The predicted octanol–water partition coefficient (Wildman–Crippen LogP) is 3.15. The summed E-state index contributed by atoms with van der Waals surface area (Å²) >= 11 is 3.70. The second-order valence-electron chi connectivity index (χ2n) is 7.33. The third kappa shape index (κ3) is 2.08. The lowest BCUT2D eigenvalue weighted by atomic mass is 9.86. The zero-order chi connectivity index (χ0) is 19.8. The predicted molar refractivity (Wildman–Crippen MR) is 107 cm³/mol. The van der Waals surface area contributed by atoms with E-state index in [1.165, 1.54) is 0 Å². The van der Waals surface area contributed by atoms with Crippen molar-refractivity contribution in [3.8, 4) is 11.4 Å². The second-order valence-corrected chi connectivity index (χ2v) is 8.12. The number of cyclic esters (lactones) is 1. The SMILES string of the molecule is CC[C@@]1(O)C(=O)OCc2c1cc1n(c2=O)Cc2c-1nc1c(C)cccc1c2Br. The maximum Gasteiger partial charge on any atom is 0.343 e. The number of esters is 1. The van der Waals surface area contributed by atoms with E-state index in [9.17, 15) is 14.7 Å². The number of carbonyl (C=O) groups is 1. The number of aryl methyl sites for hydroxylation is 1. The molecule has 0 spiro atoms. The van der Waals surface area contributed by atoms with Crippen molar-refractivity contribution in [2.45, 2.75) is 39.0 Å². The standard InChI is InChI=1S/C21H17BrN2O4/c1-3-21(27)14-7-15-18-12(8-24(15)19(25)13(14)9-28-20(21)26)16(22)11-6-4-5-10(2)17(11)23-18/h4-7,27H,3,8-9H2,1-2H3/t21-/m0/s1. The molecule has 28 heavy (non-hydrogen) atoms. The van der Waals surface area contributed by atoms with Crippen LogP contribution >= 0.6 is 15.9 Å². The Morgan fingerprint density at radius 2 is 2.11 bits per heavy atom. The highest BCUT2D eigenvalue weighted by atomic mass is 79.9. The first-order valence-corrected chi connectivity index (χ1v) is 9.91. The zero-order valence-corrected chi connectivity index (χ0v) is 17.0. The number of rotatable bonds is 1. The summed E-state index contributed by atoms with van der Waals surface area (Å²) in [6.45, 7) is 3.95. The molecule has 4 heterocycles. The van der Waals surface area contributed by atoms with Gasteiger partial charge in [0.1, 0.15) is 6.61 Å². The minimum Gasteiger partial charge on any atom is -0.458 e. The van der Waals surface area contributed by atoms with Gasteiger partial charge in [0.05, 0.1) is 29.0 Å². The van der Waals surface area contributed by atoms with Crippen molar-refractivity contribution in [3.05, 3.63) is 61.3 Å². The van der Waals surface area contributed by atoms with E-state index in [4.69, 9.17) is 9.72 Å². The highest BCUT2D eigenvalue weighted by molar-refractivity contribution is 9.10. The summed E-state index contributed by atoms with van der Waals surface area (Å²) in [5, 5.41) is 11.9. The van der Waals surface area contributed by atoms with Gasteiger partial charge in [0, 0.05) is 21.0 Å². The number of pyridine rings is 2. The summed E-state index contributed by atoms with van der Waals surface area (Å²) in [5.41, 5.74) is 2.73. The van der Waals surface area contributed by atoms with E-state index in [-0.39, 0.29) is 18.6 Å². The van der Waals surface area contributed by atoms with Gasteiger partial charge in [0.15, 0.2) is 5.60 Å². The van der Waals surface area contributed by atoms with Crippen LogP contribution < -0.4 is 5.56 Å². The van der Waals surface area contributed by atoms with E-state index in [2.05, 4.69) is 15.9 Å². The van der Waals surface area contributed by atoms with E-state index in [1.54, 1.807) is 17.6 Å². The first-order chi connectivity index (χ1) is 13.4. The first kappa shape index (κ1) is 17.6. The van der Waals surface area contributed by atoms with Gasteiger partial charge in [-0.05, 0) is 40.9 Å². The largest absolute Gasteiger partial charge is 0.458 e. The van der Waals surface area contributed by atoms with Gasteiger partial charge in [-0.2, -0.15) is 0 Å². The lowest BCUT2D eigenvalue weighted by Gasteiger charge is -2.31. The number of para-hydroxylation sites is 1. The van der Waals surface area contributed by atoms with Gasteiger partial charge in [0.25, 0.3) is 5.56 Å². The van der Waals surface area contributed by atoms with Crippen molar-refractivity contribution in [3.63, 3.8) is 0 Å². The molecule has 0 saturated heterocycles. The third-order valence-corrected chi connectivity index (χ3v) is 6.76. The molecule has 142 valence electrons. The lowest BCUT2D eigenvalue weighted by molar-refractivity contribution is -0.172. The van der Waals surface area contributed by atoms with Gasteiger partial charge in [-0.1, -0.05) is 25.1 Å². The van der Waals surface area contributed by atoms with Crippen molar-refractivity contribution in [2.75, 3.05) is 0 Å². The van der Waals surface area contributed by atoms with Gasteiger partial charge in [-0.3, -0.25) is 4.79 Å². The third-order valence-electron chi connectivity index (χ3n) is 5.85. The van der Waals surface area contributed by atoms with Gasteiger partial charge < -0.3 is 14.4 Å². The van der Waals surface area contributed by atoms with Crippen LogP contribution in [-0.2, 0) is 28.3 Å². The Morgan fingerprint density at radius 1 is 1.32 bits per heavy atom. The fourth-order valence-corrected chi connectivity index (χ4v) is 4.83. The monoisotopic (exact) mass is 440 g/mol. The van der Waals surface area contributed by atoms with Crippen molar-refractivity contribution in [1.82, 2.24) is 9.55 Å². The molecule has 2 aliphatic heterocycles. The number of hydrogen-bond donors (Lipinski definition) is 1. The molecule has 1 aromatic carbocycles. The molecule has 6 nitrogen and oxygen atoms in total. The summed E-state index contributed by atoms with van der Waals surface area (Å²) in [5.74, 6) is -0.714. The van der Waals surface area contributed by atoms with Crippen LogP contribution in [0.4, 0.5) is 0 Å². The van der Waals surface area contributed by atoms with E-state index < -0.39 is 11.6 Å². The van der Waals surface area contributed by atoms with Gasteiger partial charge in [-0.15, -0.1) is 0 Å². The summed E-state index contributed by atoms with van der Waals surface area (Å²) in [7, 11) is 0. The van der Waals surface area contributed by atoms with Gasteiger partial charge >= 0.3 is 5.97 Å². The molecule has 0 bridgehead atoms. The molecule has 5 rings (SSSR count). The molecule has 1 atom stereocenters. The molecule has 0 aliphatic carbocycles. The van der Waals surface area contributed by atoms with Crippen LogP contribution in [-0.4, -0.2) is 20.6 Å². The Labute approximate surface area is 168 Å². The molecule has 0 saturated carbocycles. The van der Waals surface area contributed by atoms with Crippen molar-refractivity contribution >= 4 is 32.8 Å². The highest BCUT2D eigenvalue weighted by Crippen LogP contribution is 2.41. The fraction of sp³-hybridized carbons (Fsp3) is 0.286. The maximum absolute atomic E-state index is 13.2. The van der Waals surface area contributed by atoms with E-state index in [1.807, 2.05) is 25.1 Å². The van der Waals surface area contributed by atoms with Gasteiger partial charge in [-0.25, -0.2) is 9.78 Å². The second kappa shape index (κ2) is 5.75. The summed E-state index contributed by atoms with van der Waals surface area (Å²) in [6.07, 6.45) is 0.128. The van der Waals surface area contributed by atoms with Crippen LogP contribution in [0.1, 0.15) is 35.6 Å². The summed E-state index contributed by atoms with van der Waals surface area (Å²) < 4.78 is 7.66. The van der Waals surface area contributed by atoms with Crippen molar-refractivity contribution < 1.29 is 14.6 Å². The van der Waals surface area contributed by atoms with Crippen molar-refractivity contribution in [2.24, 2.45) is 0 Å². The number of benzene rings is 1. The van der Waals surface area contributed by atoms with E-state index in [0.717, 1.165) is 26.5 Å². The number of ether oxygens (including phenoxy) is 1. The molecule has 2 aromatic heterocycles. The average molecular weight is 441 g/mol. The number of hydrogen-bond acceptors (Lipinski definition) is 5. The molecule has 2 aliphatic rings. The maximum atomic E-state index is 13.2. The van der Waals surface area contributed by atoms with Crippen LogP contribution in [0.3, 0.4) is 0 Å². The molecule has 0 amide bonds. The van der Waals surface area contributed by atoms with E-state index >= 15 is 0 Å². The van der Waals surface area contributed by atoms with Crippen LogP contribution in [0.15, 0.2) is 33.5 Å². The number of halogens is 1. The quantitative estimate of drug-likeness (QED) is 0.459. The van der Waals surface area contributed by atoms with Crippen LogP contribution in [0.5, 0.6) is 0 Å². The Bertz CT molecular complexity index is 1260. The molecule has 7 heteroatoms.